The van der Waals surface area contributed by atoms with Gasteiger partial charge in [0.25, 0.3) is 0 Å². The number of halogens is 4. The quantitative estimate of drug-likeness (QED) is 0.711. The molecule has 1 fully saturated rings. The number of carbonyl (C=O) groups is 1. The van der Waals surface area contributed by atoms with Gasteiger partial charge in [-0.2, -0.15) is 13.2 Å². The minimum Gasteiger partial charge on any atom is -0.475 e. The second kappa shape index (κ2) is 10.8. The van der Waals surface area contributed by atoms with Gasteiger partial charge in [-0.25, -0.2) is 19.2 Å². The number of ether oxygens (including phenoxy) is 1. The summed E-state index contributed by atoms with van der Waals surface area (Å²) in [5.41, 5.74) is 4.29. The maximum atomic E-state index is 13.2. The van der Waals surface area contributed by atoms with E-state index in [1.54, 1.807) is 6.33 Å². The summed E-state index contributed by atoms with van der Waals surface area (Å²) in [6.07, 6.45) is 0.807. The number of rotatable bonds is 3. The first kappa shape index (κ1) is 24.1. The number of carboxylic acids is 1. The molecule has 0 aliphatic carbocycles. The van der Waals surface area contributed by atoms with Gasteiger partial charge in [0.1, 0.15) is 12.1 Å². The third-order valence-electron chi connectivity index (χ3n) is 5.59. The highest BCUT2D eigenvalue weighted by Crippen LogP contribution is 2.27. The zero-order chi connectivity index (χ0) is 23.1. The van der Waals surface area contributed by atoms with Crippen molar-refractivity contribution in [3.63, 3.8) is 0 Å². The summed E-state index contributed by atoms with van der Waals surface area (Å²) in [4.78, 5) is 20.5. The maximum Gasteiger partial charge on any atom is 0.490 e. The fourth-order valence-electron chi connectivity index (χ4n) is 3.91. The number of benzene rings is 1. The van der Waals surface area contributed by atoms with Gasteiger partial charge in [-0.3, -0.25) is 0 Å². The van der Waals surface area contributed by atoms with Crippen molar-refractivity contribution in [2.24, 2.45) is 5.92 Å². The Bertz CT molecular complexity index is 900. The first-order chi connectivity index (χ1) is 15.2. The summed E-state index contributed by atoms with van der Waals surface area (Å²) in [5.74, 6) is -2.23. The third kappa shape index (κ3) is 6.70. The molecule has 0 bridgehead atoms. The molecule has 1 aromatic heterocycles. The van der Waals surface area contributed by atoms with E-state index >= 15 is 0 Å². The monoisotopic (exact) mass is 455 g/mol. The SMILES string of the molecule is Fc1ccc(-c2ncnc3c2CCN(CC2CCOCC2)CC3)cc1.O=C(O)C(F)(F)F. The highest BCUT2D eigenvalue weighted by Gasteiger charge is 2.38. The van der Waals surface area contributed by atoms with Crippen LogP contribution in [0.25, 0.3) is 11.3 Å². The van der Waals surface area contributed by atoms with Crippen molar-refractivity contribution in [2.75, 3.05) is 32.8 Å². The summed E-state index contributed by atoms with van der Waals surface area (Å²) >= 11 is 0. The van der Waals surface area contributed by atoms with Crippen LogP contribution in [0.15, 0.2) is 30.6 Å². The van der Waals surface area contributed by atoms with Crippen molar-refractivity contribution in [3.8, 4) is 11.3 Å². The van der Waals surface area contributed by atoms with E-state index in [0.29, 0.717) is 0 Å². The van der Waals surface area contributed by atoms with Crippen LogP contribution in [0.1, 0.15) is 24.1 Å². The Balaban J connectivity index is 0.000000360. The van der Waals surface area contributed by atoms with E-state index in [1.807, 2.05) is 12.1 Å². The minimum atomic E-state index is -5.08. The van der Waals surface area contributed by atoms with E-state index < -0.39 is 12.1 Å². The smallest absolute Gasteiger partial charge is 0.475 e. The van der Waals surface area contributed by atoms with Gasteiger partial charge >= 0.3 is 12.1 Å². The molecule has 2 aliphatic heterocycles. The number of aliphatic carboxylic acids is 1. The van der Waals surface area contributed by atoms with E-state index in [2.05, 4.69) is 14.9 Å². The number of alkyl halides is 3. The molecule has 0 atom stereocenters. The Hall–Kier alpha value is -2.59. The highest BCUT2D eigenvalue weighted by atomic mass is 19.4. The molecule has 0 spiro atoms. The lowest BCUT2D eigenvalue weighted by atomic mass is 9.99. The van der Waals surface area contributed by atoms with E-state index in [4.69, 9.17) is 14.6 Å². The van der Waals surface area contributed by atoms with Gasteiger partial charge in [0.05, 0.1) is 5.69 Å². The standard InChI is InChI=1S/C20H24FN3O.C2HF3O2/c21-17-3-1-16(2-4-17)20-18-5-9-24(10-6-19(18)22-14-23-20)13-15-7-11-25-12-8-15;3-2(4,5)1(6)7/h1-4,14-15H,5-13H2;(H,6,7). The van der Waals surface area contributed by atoms with Gasteiger partial charge in [-0.15, -0.1) is 0 Å². The van der Waals surface area contributed by atoms with Crippen molar-refractivity contribution in [3.05, 3.63) is 47.7 Å². The molecule has 10 heteroatoms. The van der Waals surface area contributed by atoms with Crippen LogP contribution >= 0.6 is 0 Å². The molecule has 0 radical (unpaired) electrons. The molecule has 0 saturated carbocycles. The molecule has 174 valence electrons. The fraction of sp³-hybridized carbons (Fsp3) is 0.500. The largest absolute Gasteiger partial charge is 0.490 e. The molecule has 0 amide bonds. The van der Waals surface area contributed by atoms with Crippen molar-refractivity contribution in [1.82, 2.24) is 14.9 Å². The lowest BCUT2D eigenvalue weighted by Gasteiger charge is -2.28. The number of fused-ring (bicyclic) bond motifs is 1. The molecule has 1 N–H and O–H groups in total. The number of nitrogens with zero attached hydrogens (tertiary/aromatic N) is 3. The van der Waals surface area contributed by atoms with Gasteiger partial charge < -0.3 is 14.7 Å². The molecule has 32 heavy (non-hydrogen) atoms. The van der Waals surface area contributed by atoms with Gasteiger partial charge in [-0.05, 0) is 49.4 Å². The van der Waals surface area contributed by atoms with Gasteiger partial charge in [0.15, 0.2) is 0 Å². The van der Waals surface area contributed by atoms with Crippen LogP contribution in [0, 0.1) is 11.7 Å². The van der Waals surface area contributed by atoms with Crippen LogP contribution in [0.3, 0.4) is 0 Å². The topological polar surface area (TPSA) is 75.5 Å². The first-order valence-electron chi connectivity index (χ1n) is 10.4. The summed E-state index contributed by atoms with van der Waals surface area (Å²) < 4.78 is 50.4. The van der Waals surface area contributed by atoms with E-state index in [0.717, 1.165) is 68.6 Å². The molecule has 6 nitrogen and oxygen atoms in total. The number of aromatic nitrogens is 2. The van der Waals surface area contributed by atoms with Crippen LogP contribution in [0.4, 0.5) is 17.6 Å². The first-order valence-corrected chi connectivity index (χ1v) is 10.4. The van der Waals surface area contributed by atoms with E-state index in [9.17, 15) is 17.6 Å². The Morgan fingerprint density at radius 1 is 1.09 bits per heavy atom. The summed E-state index contributed by atoms with van der Waals surface area (Å²) in [6, 6.07) is 6.61. The van der Waals surface area contributed by atoms with Crippen LogP contribution < -0.4 is 0 Å². The molecule has 1 saturated heterocycles. The Morgan fingerprint density at radius 2 is 1.72 bits per heavy atom. The molecular weight excluding hydrogens is 430 g/mol. The Labute approximate surface area is 183 Å². The molecule has 1 aromatic carbocycles. The summed E-state index contributed by atoms with van der Waals surface area (Å²) in [7, 11) is 0. The van der Waals surface area contributed by atoms with E-state index in [-0.39, 0.29) is 5.82 Å². The molecule has 2 aromatic rings. The summed E-state index contributed by atoms with van der Waals surface area (Å²) in [5, 5.41) is 7.12. The van der Waals surface area contributed by atoms with Crippen molar-refractivity contribution >= 4 is 5.97 Å². The normalized spacial score (nSPS) is 17.6. The van der Waals surface area contributed by atoms with Crippen LogP contribution in [-0.2, 0) is 22.4 Å². The van der Waals surface area contributed by atoms with Gasteiger partial charge in [0.2, 0.25) is 0 Å². The average molecular weight is 455 g/mol. The van der Waals surface area contributed by atoms with Crippen LogP contribution in [0.2, 0.25) is 0 Å². The third-order valence-corrected chi connectivity index (χ3v) is 5.59. The predicted molar refractivity (Wildman–Crippen MR) is 109 cm³/mol. The molecule has 3 heterocycles. The van der Waals surface area contributed by atoms with Crippen LogP contribution in [-0.4, -0.2) is 65.0 Å². The van der Waals surface area contributed by atoms with Crippen molar-refractivity contribution in [2.45, 2.75) is 31.9 Å². The second-order valence-corrected chi connectivity index (χ2v) is 7.81. The maximum absolute atomic E-state index is 13.2. The van der Waals surface area contributed by atoms with Crippen LogP contribution in [0.5, 0.6) is 0 Å². The predicted octanol–water partition coefficient (Wildman–Crippen LogP) is 3.74. The summed E-state index contributed by atoms with van der Waals surface area (Å²) in [6.45, 7) is 5.03. The molecule has 0 unspecified atom stereocenters. The molecular formula is C22H25F4N3O3. The highest BCUT2D eigenvalue weighted by molar-refractivity contribution is 5.73. The Kier molecular flexibility index (Phi) is 8.14. The van der Waals surface area contributed by atoms with E-state index in [1.165, 1.54) is 30.5 Å². The molecule has 2 aliphatic rings. The lowest BCUT2D eigenvalue weighted by Crippen LogP contribution is -2.34. The lowest BCUT2D eigenvalue weighted by molar-refractivity contribution is -0.192. The van der Waals surface area contributed by atoms with Crippen molar-refractivity contribution in [1.29, 1.82) is 0 Å². The average Bonchev–Trinajstić information content (AvgIpc) is 2.97. The Morgan fingerprint density at radius 3 is 2.34 bits per heavy atom. The fourth-order valence-corrected chi connectivity index (χ4v) is 3.91. The zero-order valence-electron chi connectivity index (χ0n) is 17.4. The second-order valence-electron chi connectivity index (χ2n) is 7.81. The molecule has 4 rings (SSSR count). The number of hydrogen-bond acceptors (Lipinski definition) is 5. The van der Waals surface area contributed by atoms with Gasteiger partial charge in [-0.1, -0.05) is 0 Å². The van der Waals surface area contributed by atoms with Gasteiger partial charge in [0, 0.05) is 56.1 Å². The van der Waals surface area contributed by atoms with Crippen molar-refractivity contribution < 1.29 is 32.2 Å². The number of carboxylic acid groups (broad SMARTS) is 1. The number of hydrogen-bond donors (Lipinski definition) is 1. The zero-order valence-corrected chi connectivity index (χ0v) is 17.4. The minimum absolute atomic E-state index is 0.216.